The van der Waals surface area contributed by atoms with Crippen LogP contribution in [0.2, 0.25) is 0 Å². The predicted octanol–water partition coefficient (Wildman–Crippen LogP) is 3.55. The molecule has 0 aliphatic rings. The summed E-state index contributed by atoms with van der Waals surface area (Å²) in [6, 6.07) is 11.8. The Bertz CT molecular complexity index is 996. The Morgan fingerprint density at radius 3 is 2.23 bits per heavy atom. The SMILES string of the molecule is COc1ccc(C(C)NC(=O)CCNS(=O)(=O)c2ccc(C(C)(C)C)cc2)c(OC)c1. The van der Waals surface area contributed by atoms with Crippen molar-refractivity contribution in [1.82, 2.24) is 10.0 Å². The number of benzene rings is 2. The molecule has 1 atom stereocenters. The van der Waals surface area contributed by atoms with E-state index in [-0.39, 0.29) is 35.2 Å². The molecule has 7 nitrogen and oxygen atoms in total. The van der Waals surface area contributed by atoms with Crippen LogP contribution >= 0.6 is 0 Å². The van der Waals surface area contributed by atoms with Gasteiger partial charge in [-0.1, -0.05) is 32.9 Å². The monoisotopic (exact) mass is 448 g/mol. The fourth-order valence-corrected chi connectivity index (χ4v) is 4.12. The van der Waals surface area contributed by atoms with Gasteiger partial charge in [0.05, 0.1) is 25.2 Å². The Kier molecular flexibility index (Phi) is 8.08. The summed E-state index contributed by atoms with van der Waals surface area (Å²) in [6.45, 7) is 8.03. The fraction of sp³-hybridized carbons (Fsp3) is 0.435. The third kappa shape index (κ3) is 6.70. The van der Waals surface area contributed by atoms with Gasteiger partial charge in [-0.05, 0) is 42.2 Å². The molecule has 0 aliphatic heterocycles. The average molecular weight is 449 g/mol. The summed E-state index contributed by atoms with van der Waals surface area (Å²) < 4.78 is 38.0. The van der Waals surface area contributed by atoms with Gasteiger partial charge in [-0.15, -0.1) is 0 Å². The lowest BCUT2D eigenvalue weighted by atomic mass is 9.87. The van der Waals surface area contributed by atoms with Crippen molar-refractivity contribution in [2.45, 2.75) is 50.5 Å². The first-order chi connectivity index (χ1) is 14.5. The molecule has 0 saturated heterocycles. The lowest BCUT2D eigenvalue weighted by Gasteiger charge is -2.19. The van der Waals surface area contributed by atoms with Crippen LogP contribution in [0.4, 0.5) is 0 Å². The van der Waals surface area contributed by atoms with E-state index in [2.05, 4.69) is 30.8 Å². The van der Waals surface area contributed by atoms with Crippen LogP contribution in [0.3, 0.4) is 0 Å². The molecule has 0 radical (unpaired) electrons. The molecule has 0 fully saturated rings. The van der Waals surface area contributed by atoms with Crippen LogP contribution in [0.1, 0.15) is 51.3 Å². The van der Waals surface area contributed by atoms with Gasteiger partial charge in [0.2, 0.25) is 15.9 Å². The maximum absolute atomic E-state index is 12.5. The summed E-state index contributed by atoms with van der Waals surface area (Å²) in [5.41, 5.74) is 1.79. The average Bonchev–Trinajstić information content (AvgIpc) is 2.72. The van der Waals surface area contributed by atoms with Crippen molar-refractivity contribution in [3.05, 3.63) is 53.6 Å². The summed E-state index contributed by atoms with van der Waals surface area (Å²) in [4.78, 5) is 12.5. The minimum absolute atomic E-state index is 0.00164. The van der Waals surface area contributed by atoms with Crippen LogP contribution in [0.5, 0.6) is 11.5 Å². The van der Waals surface area contributed by atoms with Gasteiger partial charge in [0.25, 0.3) is 0 Å². The number of amides is 1. The number of nitrogens with one attached hydrogen (secondary N) is 2. The lowest BCUT2D eigenvalue weighted by molar-refractivity contribution is -0.121. The van der Waals surface area contributed by atoms with E-state index in [1.165, 1.54) is 0 Å². The van der Waals surface area contributed by atoms with E-state index in [0.29, 0.717) is 11.5 Å². The molecule has 2 N–H and O–H groups in total. The topological polar surface area (TPSA) is 93.7 Å². The standard InChI is InChI=1S/C23H32N2O5S/c1-16(20-12-9-18(29-5)15-21(20)30-6)25-22(26)13-14-24-31(27,28)19-10-7-17(8-11-19)23(2,3)4/h7-12,15-16,24H,13-14H2,1-6H3,(H,25,26). The van der Waals surface area contributed by atoms with Gasteiger partial charge in [0.15, 0.2) is 0 Å². The summed E-state index contributed by atoms with van der Waals surface area (Å²) >= 11 is 0. The molecule has 170 valence electrons. The second kappa shape index (κ2) is 10.2. The van der Waals surface area contributed by atoms with Crippen molar-refractivity contribution in [3.63, 3.8) is 0 Å². The number of rotatable bonds is 9. The maximum atomic E-state index is 12.5. The van der Waals surface area contributed by atoms with Gasteiger partial charge < -0.3 is 14.8 Å². The molecule has 0 aliphatic carbocycles. The van der Waals surface area contributed by atoms with Crippen molar-refractivity contribution < 1.29 is 22.7 Å². The Labute approximate surface area is 185 Å². The van der Waals surface area contributed by atoms with E-state index in [4.69, 9.17) is 9.47 Å². The highest BCUT2D eigenvalue weighted by Crippen LogP contribution is 2.29. The van der Waals surface area contributed by atoms with E-state index in [0.717, 1.165) is 11.1 Å². The lowest BCUT2D eigenvalue weighted by Crippen LogP contribution is -2.32. The third-order valence-corrected chi connectivity index (χ3v) is 6.44. The highest BCUT2D eigenvalue weighted by molar-refractivity contribution is 7.89. The van der Waals surface area contributed by atoms with Crippen molar-refractivity contribution in [3.8, 4) is 11.5 Å². The minimum Gasteiger partial charge on any atom is -0.497 e. The van der Waals surface area contributed by atoms with Gasteiger partial charge >= 0.3 is 0 Å². The highest BCUT2D eigenvalue weighted by atomic mass is 32.2. The number of ether oxygens (including phenoxy) is 2. The third-order valence-electron chi connectivity index (χ3n) is 4.96. The van der Waals surface area contributed by atoms with Crippen molar-refractivity contribution in [1.29, 1.82) is 0 Å². The molecule has 2 aromatic carbocycles. The number of carbonyl (C=O) groups excluding carboxylic acids is 1. The summed E-state index contributed by atoms with van der Waals surface area (Å²) in [6.07, 6.45) is 0.0160. The quantitative estimate of drug-likeness (QED) is 0.612. The molecule has 0 bridgehead atoms. The summed E-state index contributed by atoms with van der Waals surface area (Å²) in [5, 5.41) is 2.86. The van der Waals surface area contributed by atoms with Gasteiger partial charge in [0.1, 0.15) is 11.5 Å². The van der Waals surface area contributed by atoms with E-state index in [9.17, 15) is 13.2 Å². The van der Waals surface area contributed by atoms with Crippen LogP contribution in [0, 0.1) is 0 Å². The Hall–Kier alpha value is -2.58. The van der Waals surface area contributed by atoms with E-state index in [1.54, 1.807) is 38.5 Å². The van der Waals surface area contributed by atoms with E-state index in [1.807, 2.05) is 25.1 Å². The maximum Gasteiger partial charge on any atom is 0.240 e. The largest absolute Gasteiger partial charge is 0.497 e. The second-order valence-electron chi connectivity index (χ2n) is 8.32. The molecular weight excluding hydrogens is 416 g/mol. The second-order valence-corrected chi connectivity index (χ2v) is 10.1. The number of hydrogen-bond acceptors (Lipinski definition) is 5. The normalized spacial score (nSPS) is 12.8. The summed E-state index contributed by atoms with van der Waals surface area (Å²) in [7, 11) is -0.561. The Morgan fingerprint density at radius 1 is 1.03 bits per heavy atom. The predicted molar refractivity (Wildman–Crippen MR) is 121 cm³/mol. The van der Waals surface area contributed by atoms with Crippen molar-refractivity contribution in [2.24, 2.45) is 0 Å². The molecule has 1 unspecified atom stereocenters. The van der Waals surface area contributed by atoms with E-state index < -0.39 is 10.0 Å². The zero-order valence-electron chi connectivity index (χ0n) is 19.0. The van der Waals surface area contributed by atoms with Gasteiger partial charge in [-0.3, -0.25) is 4.79 Å². The van der Waals surface area contributed by atoms with Crippen LogP contribution in [0.15, 0.2) is 47.4 Å². The zero-order valence-corrected chi connectivity index (χ0v) is 19.8. The van der Waals surface area contributed by atoms with E-state index >= 15 is 0 Å². The Morgan fingerprint density at radius 2 is 1.68 bits per heavy atom. The van der Waals surface area contributed by atoms with Crippen LogP contribution in [0.25, 0.3) is 0 Å². The van der Waals surface area contributed by atoms with Gasteiger partial charge in [-0.25, -0.2) is 13.1 Å². The number of hydrogen-bond donors (Lipinski definition) is 2. The van der Waals surface area contributed by atoms with Crippen molar-refractivity contribution >= 4 is 15.9 Å². The molecule has 2 aromatic rings. The fourth-order valence-electron chi connectivity index (χ4n) is 3.08. The number of methoxy groups -OCH3 is 2. The van der Waals surface area contributed by atoms with Gasteiger partial charge in [-0.2, -0.15) is 0 Å². The van der Waals surface area contributed by atoms with Gasteiger partial charge in [0, 0.05) is 24.6 Å². The smallest absolute Gasteiger partial charge is 0.240 e. The molecule has 2 rings (SSSR count). The molecule has 1 amide bonds. The molecular formula is C23H32N2O5S. The molecule has 0 aromatic heterocycles. The Balaban J connectivity index is 1.92. The first kappa shape index (κ1) is 24.7. The van der Waals surface area contributed by atoms with Crippen molar-refractivity contribution in [2.75, 3.05) is 20.8 Å². The molecule has 31 heavy (non-hydrogen) atoms. The minimum atomic E-state index is -3.68. The molecule has 0 heterocycles. The first-order valence-corrected chi connectivity index (χ1v) is 11.6. The molecule has 0 spiro atoms. The highest BCUT2D eigenvalue weighted by Gasteiger charge is 2.19. The number of sulfonamides is 1. The van der Waals surface area contributed by atoms with Crippen LogP contribution < -0.4 is 19.5 Å². The van der Waals surface area contributed by atoms with Crippen LogP contribution in [-0.4, -0.2) is 35.1 Å². The molecule has 0 saturated carbocycles. The first-order valence-electron chi connectivity index (χ1n) is 10.1. The summed E-state index contributed by atoms with van der Waals surface area (Å²) in [5.74, 6) is 0.992. The van der Waals surface area contributed by atoms with Crippen LogP contribution in [-0.2, 0) is 20.2 Å². The molecule has 8 heteroatoms. The zero-order chi connectivity index (χ0) is 23.2. The number of carbonyl (C=O) groups is 1.